The molecule has 0 spiro atoms. The van der Waals surface area contributed by atoms with Crippen molar-refractivity contribution in [1.29, 1.82) is 0 Å². The van der Waals surface area contributed by atoms with Crippen LogP contribution >= 0.6 is 0 Å². The molecular formula is C11H12FNO3S. The van der Waals surface area contributed by atoms with Gasteiger partial charge in [-0.15, -0.1) is 0 Å². The van der Waals surface area contributed by atoms with E-state index in [4.69, 9.17) is 5.11 Å². The molecule has 0 aromatic heterocycles. The van der Waals surface area contributed by atoms with Crippen molar-refractivity contribution in [3.8, 4) is 0 Å². The van der Waals surface area contributed by atoms with Crippen molar-refractivity contribution in [3.63, 3.8) is 0 Å². The lowest BCUT2D eigenvalue weighted by Gasteiger charge is -2.11. The van der Waals surface area contributed by atoms with Gasteiger partial charge in [0.15, 0.2) is 0 Å². The van der Waals surface area contributed by atoms with Gasteiger partial charge in [0, 0.05) is 5.54 Å². The van der Waals surface area contributed by atoms with Crippen LogP contribution in [0.1, 0.15) is 30.1 Å². The highest BCUT2D eigenvalue weighted by Crippen LogP contribution is 2.35. The van der Waals surface area contributed by atoms with Crippen LogP contribution in [0, 0.1) is 5.82 Å². The molecular weight excluding hydrogens is 245 g/mol. The van der Waals surface area contributed by atoms with Crippen LogP contribution in [0.4, 0.5) is 4.39 Å². The molecule has 2 rings (SSSR count). The van der Waals surface area contributed by atoms with Crippen molar-refractivity contribution >= 4 is 17.0 Å². The third kappa shape index (κ3) is 2.70. The van der Waals surface area contributed by atoms with Crippen LogP contribution in [0.15, 0.2) is 23.1 Å². The highest BCUT2D eigenvalue weighted by molar-refractivity contribution is 7.83. The summed E-state index contributed by atoms with van der Waals surface area (Å²) in [6.45, 7) is 1.94. The van der Waals surface area contributed by atoms with Crippen LogP contribution < -0.4 is 4.72 Å². The summed E-state index contributed by atoms with van der Waals surface area (Å²) in [5.41, 5.74) is -0.596. The summed E-state index contributed by atoms with van der Waals surface area (Å²) >= 11 is 0. The topological polar surface area (TPSA) is 66.4 Å². The van der Waals surface area contributed by atoms with Crippen LogP contribution in [-0.4, -0.2) is 20.8 Å². The molecule has 0 amide bonds. The maximum atomic E-state index is 13.1. The zero-order chi connectivity index (χ0) is 12.6. The summed E-state index contributed by atoms with van der Waals surface area (Å²) < 4.78 is 27.9. The molecule has 0 bridgehead atoms. The van der Waals surface area contributed by atoms with Gasteiger partial charge in [0.2, 0.25) is 0 Å². The van der Waals surface area contributed by atoms with E-state index in [2.05, 4.69) is 4.72 Å². The summed E-state index contributed by atoms with van der Waals surface area (Å²) in [5, 5.41) is 8.76. The van der Waals surface area contributed by atoms with E-state index < -0.39 is 28.3 Å². The molecule has 0 saturated heterocycles. The Morgan fingerprint density at radius 3 is 2.71 bits per heavy atom. The number of carbonyl (C=O) groups is 1. The Hall–Kier alpha value is -1.27. The van der Waals surface area contributed by atoms with Gasteiger partial charge in [0.1, 0.15) is 16.8 Å². The average molecular weight is 257 g/mol. The second kappa shape index (κ2) is 4.19. The number of rotatable bonds is 4. The second-order valence-corrected chi connectivity index (χ2v) is 5.59. The smallest absolute Gasteiger partial charge is 0.338 e. The minimum Gasteiger partial charge on any atom is -0.478 e. The van der Waals surface area contributed by atoms with Crippen LogP contribution in [0.5, 0.6) is 0 Å². The lowest BCUT2D eigenvalue weighted by Crippen LogP contribution is -2.29. The van der Waals surface area contributed by atoms with Gasteiger partial charge in [-0.3, -0.25) is 0 Å². The van der Waals surface area contributed by atoms with E-state index in [1.165, 1.54) is 6.07 Å². The molecule has 1 aromatic rings. The Kier molecular flexibility index (Phi) is 3.01. The molecule has 4 nitrogen and oxygen atoms in total. The van der Waals surface area contributed by atoms with Crippen molar-refractivity contribution in [2.75, 3.05) is 0 Å². The SMILES string of the molecule is CC1(NS(=O)c2ccc(F)c(C(=O)O)c2)CC1. The molecule has 0 aliphatic heterocycles. The van der Waals surface area contributed by atoms with E-state index in [-0.39, 0.29) is 10.4 Å². The van der Waals surface area contributed by atoms with E-state index in [0.717, 1.165) is 25.0 Å². The molecule has 1 atom stereocenters. The highest BCUT2D eigenvalue weighted by Gasteiger charge is 2.38. The number of benzene rings is 1. The molecule has 1 unspecified atom stereocenters. The zero-order valence-corrected chi connectivity index (χ0v) is 10.0. The predicted molar refractivity (Wildman–Crippen MR) is 60.5 cm³/mol. The summed E-state index contributed by atoms with van der Waals surface area (Å²) in [5.74, 6) is -2.19. The van der Waals surface area contributed by atoms with Crippen LogP contribution in [0.2, 0.25) is 0 Å². The van der Waals surface area contributed by atoms with Crippen LogP contribution in [0.3, 0.4) is 0 Å². The first-order valence-electron chi connectivity index (χ1n) is 5.14. The van der Waals surface area contributed by atoms with Gasteiger partial charge in [0.05, 0.1) is 10.5 Å². The minimum absolute atomic E-state index is 0.136. The largest absolute Gasteiger partial charge is 0.478 e. The third-order valence-electron chi connectivity index (χ3n) is 2.72. The molecule has 17 heavy (non-hydrogen) atoms. The van der Waals surface area contributed by atoms with Gasteiger partial charge in [-0.05, 0) is 38.0 Å². The highest BCUT2D eigenvalue weighted by atomic mass is 32.2. The number of aromatic carboxylic acids is 1. The number of carboxylic acid groups (broad SMARTS) is 1. The van der Waals surface area contributed by atoms with Crippen LogP contribution in [-0.2, 0) is 11.0 Å². The Balaban J connectivity index is 2.23. The predicted octanol–water partition coefficient (Wildman–Crippen LogP) is 1.69. The Morgan fingerprint density at radius 1 is 1.53 bits per heavy atom. The molecule has 2 N–H and O–H groups in total. The van der Waals surface area contributed by atoms with Crippen LogP contribution in [0.25, 0.3) is 0 Å². The monoisotopic (exact) mass is 257 g/mol. The van der Waals surface area contributed by atoms with Gasteiger partial charge >= 0.3 is 5.97 Å². The van der Waals surface area contributed by atoms with Gasteiger partial charge in [-0.25, -0.2) is 18.1 Å². The van der Waals surface area contributed by atoms with Crippen molar-refractivity contribution in [1.82, 2.24) is 4.72 Å². The average Bonchev–Trinajstić information content (AvgIpc) is 2.96. The third-order valence-corrected chi connectivity index (χ3v) is 4.08. The zero-order valence-electron chi connectivity index (χ0n) is 9.20. The number of carboxylic acids is 1. The Labute approximate surface area is 100 Å². The van der Waals surface area contributed by atoms with Gasteiger partial charge in [0.25, 0.3) is 0 Å². The van der Waals surface area contributed by atoms with E-state index in [0.29, 0.717) is 0 Å². The molecule has 0 radical (unpaired) electrons. The van der Waals surface area contributed by atoms with E-state index >= 15 is 0 Å². The fraction of sp³-hybridized carbons (Fsp3) is 0.364. The molecule has 92 valence electrons. The van der Waals surface area contributed by atoms with E-state index in [9.17, 15) is 13.4 Å². The normalized spacial score (nSPS) is 18.7. The first-order chi connectivity index (χ1) is 7.91. The molecule has 6 heteroatoms. The first-order valence-corrected chi connectivity index (χ1v) is 6.29. The van der Waals surface area contributed by atoms with E-state index in [1.54, 1.807) is 0 Å². The quantitative estimate of drug-likeness (QED) is 0.862. The Bertz CT molecular complexity index is 499. The van der Waals surface area contributed by atoms with Crippen molar-refractivity contribution < 1.29 is 18.5 Å². The lowest BCUT2D eigenvalue weighted by molar-refractivity contribution is 0.0691. The molecule has 1 aromatic carbocycles. The van der Waals surface area contributed by atoms with Gasteiger partial charge in [-0.2, -0.15) is 0 Å². The summed E-state index contributed by atoms with van der Waals surface area (Å²) in [6.07, 6.45) is 1.87. The standard InChI is InChI=1S/C11H12FNO3S/c1-11(4-5-11)13-17(16)7-2-3-9(12)8(6-7)10(14)15/h2-3,6,13H,4-5H2,1H3,(H,14,15). The molecule has 1 aliphatic carbocycles. The summed E-state index contributed by atoms with van der Waals surface area (Å²) in [7, 11) is -1.51. The van der Waals surface area contributed by atoms with Gasteiger partial charge in [-0.1, -0.05) is 0 Å². The number of hydrogen-bond donors (Lipinski definition) is 2. The van der Waals surface area contributed by atoms with Crippen molar-refractivity contribution in [3.05, 3.63) is 29.6 Å². The van der Waals surface area contributed by atoms with Crippen molar-refractivity contribution in [2.45, 2.75) is 30.2 Å². The first kappa shape index (κ1) is 12.2. The number of hydrogen-bond acceptors (Lipinski definition) is 2. The fourth-order valence-corrected chi connectivity index (χ4v) is 2.54. The number of halogens is 1. The Morgan fingerprint density at radius 2 is 2.18 bits per heavy atom. The second-order valence-electron chi connectivity index (χ2n) is 4.38. The lowest BCUT2D eigenvalue weighted by atomic mass is 10.2. The molecule has 1 fully saturated rings. The minimum atomic E-state index is -1.51. The van der Waals surface area contributed by atoms with E-state index in [1.807, 2.05) is 6.92 Å². The molecule has 1 aliphatic rings. The van der Waals surface area contributed by atoms with Gasteiger partial charge < -0.3 is 5.11 Å². The number of nitrogens with one attached hydrogen (secondary N) is 1. The fourth-order valence-electron chi connectivity index (χ4n) is 1.36. The molecule has 0 heterocycles. The summed E-state index contributed by atoms with van der Waals surface area (Å²) in [6, 6.07) is 3.46. The summed E-state index contributed by atoms with van der Waals surface area (Å²) in [4.78, 5) is 11.0. The maximum Gasteiger partial charge on any atom is 0.338 e. The van der Waals surface area contributed by atoms with Crippen molar-refractivity contribution in [2.24, 2.45) is 0 Å². The maximum absolute atomic E-state index is 13.1. The molecule has 1 saturated carbocycles.